The van der Waals surface area contributed by atoms with Crippen molar-refractivity contribution in [1.82, 2.24) is 15.6 Å². The van der Waals surface area contributed by atoms with E-state index in [4.69, 9.17) is 0 Å². The average molecular weight is 243 g/mol. The molecule has 2 heterocycles. The van der Waals surface area contributed by atoms with Crippen LogP contribution in [0.3, 0.4) is 0 Å². The highest BCUT2D eigenvalue weighted by atomic mass is 16.2. The lowest BCUT2D eigenvalue weighted by atomic mass is 10.0. The molecule has 1 aromatic carbocycles. The fraction of sp³-hybridized carbons (Fsp3) is 0.231. The Morgan fingerprint density at radius 3 is 2.94 bits per heavy atom. The van der Waals surface area contributed by atoms with Crippen LogP contribution in [-0.4, -0.2) is 29.4 Å². The fourth-order valence-electron chi connectivity index (χ4n) is 2.27. The third-order valence-electron chi connectivity index (χ3n) is 3.17. The normalized spacial score (nSPS) is 19.7. The number of carbonyl (C=O) groups excluding carboxylic acids is 2. The van der Waals surface area contributed by atoms with E-state index in [-0.39, 0.29) is 18.4 Å². The predicted octanol–water partition coefficient (Wildman–Crippen LogP) is 0.325. The summed E-state index contributed by atoms with van der Waals surface area (Å²) in [6.45, 7) is 0.0726. The number of carbonyl (C=O) groups is 2. The summed E-state index contributed by atoms with van der Waals surface area (Å²) in [5.41, 5.74) is 2.07. The molecule has 18 heavy (non-hydrogen) atoms. The van der Waals surface area contributed by atoms with Crippen LogP contribution in [-0.2, 0) is 16.0 Å². The maximum absolute atomic E-state index is 11.7. The number of piperazine rings is 1. The van der Waals surface area contributed by atoms with Crippen molar-refractivity contribution in [3.63, 3.8) is 0 Å². The lowest BCUT2D eigenvalue weighted by Gasteiger charge is -2.22. The Bertz CT molecular complexity index is 617. The summed E-state index contributed by atoms with van der Waals surface area (Å²) in [6.07, 6.45) is 2.39. The summed E-state index contributed by atoms with van der Waals surface area (Å²) in [6, 6.07) is 7.42. The number of benzene rings is 1. The van der Waals surface area contributed by atoms with Gasteiger partial charge in [-0.25, -0.2) is 0 Å². The van der Waals surface area contributed by atoms with Gasteiger partial charge in [-0.3, -0.25) is 9.59 Å². The third kappa shape index (κ3) is 1.84. The Morgan fingerprint density at radius 1 is 1.22 bits per heavy atom. The Morgan fingerprint density at radius 2 is 2.06 bits per heavy atom. The van der Waals surface area contributed by atoms with Gasteiger partial charge in [0.25, 0.3) is 0 Å². The van der Waals surface area contributed by atoms with Gasteiger partial charge >= 0.3 is 0 Å². The minimum atomic E-state index is -0.481. The van der Waals surface area contributed by atoms with Gasteiger partial charge in [0.15, 0.2) is 0 Å². The zero-order valence-corrected chi connectivity index (χ0v) is 9.69. The number of hydrogen-bond acceptors (Lipinski definition) is 2. The number of rotatable bonds is 2. The average Bonchev–Trinajstić information content (AvgIpc) is 2.78. The van der Waals surface area contributed by atoms with Gasteiger partial charge in [0.1, 0.15) is 6.04 Å². The van der Waals surface area contributed by atoms with Crippen molar-refractivity contribution in [2.24, 2.45) is 0 Å². The van der Waals surface area contributed by atoms with Crippen LogP contribution in [0.15, 0.2) is 30.5 Å². The van der Waals surface area contributed by atoms with Crippen molar-refractivity contribution in [1.29, 1.82) is 0 Å². The van der Waals surface area contributed by atoms with Gasteiger partial charge in [-0.05, 0) is 11.6 Å². The first-order chi connectivity index (χ1) is 8.74. The van der Waals surface area contributed by atoms with Crippen molar-refractivity contribution in [3.05, 3.63) is 36.0 Å². The van der Waals surface area contributed by atoms with E-state index in [1.807, 2.05) is 30.5 Å². The highest BCUT2D eigenvalue weighted by Crippen LogP contribution is 2.19. The molecule has 0 spiro atoms. The molecular weight excluding hydrogens is 230 g/mol. The summed E-state index contributed by atoms with van der Waals surface area (Å²) in [5.74, 6) is -0.265. The molecule has 0 bridgehead atoms. The van der Waals surface area contributed by atoms with Crippen LogP contribution in [0.25, 0.3) is 10.9 Å². The second kappa shape index (κ2) is 4.18. The molecule has 2 aromatic rings. The summed E-state index contributed by atoms with van der Waals surface area (Å²) in [7, 11) is 0. The lowest BCUT2D eigenvalue weighted by molar-refractivity contribution is -0.133. The number of nitrogens with one attached hydrogen (secondary N) is 3. The van der Waals surface area contributed by atoms with Gasteiger partial charge in [-0.15, -0.1) is 0 Å². The van der Waals surface area contributed by atoms with Gasteiger partial charge in [0.2, 0.25) is 11.8 Å². The molecule has 5 nitrogen and oxygen atoms in total. The highest BCUT2D eigenvalue weighted by molar-refractivity contribution is 5.95. The summed E-state index contributed by atoms with van der Waals surface area (Å²) >= 11 is 0. The number of para-hydroxylation sites is 1. The highest BCUT2D eigenvalue weighted by Gasteiger charge is 2.26. The molecule has 0 unspecified atom stereocenters. The van der Waals surface area contributed by atoms with Crippen LogP contribution in [0.1, 0.15) is 5.56 Å². The van der Waals surface area contributed by atoms with Gasteiger partial charge in [0.05, 0.1) is 6.54 Å². The van der Waals surface area contributed by atoms with E-state index >= 15 is 0 Å². The largest absolute Gasteiger partial charge is 0.361 e. The zero-order chi connectivity index (χ0) is 12.5. The van der Waals surface area contributed by atoms with E-state index in [9.17, 15) is 9.59 Å². The van der Waals surface area contributed by atoms with Crippen LogP contribution < -0.4 is 10.6 Å². The van der Waals surface area contributed by atoms with E-state index in [0.717, 1.165) is 16.5 Å². The lowest BCUT2D eigenvalue weighted by Crippen LogP contribution is -2.56. The Kier molecular flexibility index (Phi) is 2.51. The summed E-state index contributed by atoms with van der Waals surface area (Å²) in [4.78, 5) is 26.1. The smallest absolute Gasteiger partial charge is 0.243 e. The second-order valence-corrected chi connectivity index (χ2v) is 4.40. The Balaban J connectivity index is 1.87. The molecule has 2 amide bonds. The minimum Gasteiger partial charge on any atom is -0.361 e. The molecule has 1 aliphatic rings. The standard InChI is InChI=1S/C13H13N3O2/c17-12-7-15-13(18)11(16-12)5-8-6-14-10-4-2-1-3-9(8)10/h1-4,6,11,14H,5,7H2,(H,15,18)(H,16,17)/t11-/m0/s1. The molecule has 1 aromatic heterocycles. The second-order valence-electron chi connectivity index (χ2n) is 4.40. The first-order valence-electron chi connectivity index (χ1n) is 5.86. The molecule has 1 atom stereocenters. The molecule has 1 saturated heterocycles. The molecule has 3 rings (SSSR count). The molecule has 0 saturated carbocycles. The van der Waals surface area contributed by atoms with Crippen LogP contribution in [0, 0.1) is 0 Å². The van der Waals surface area contributed by atoms with Crippen molar-refractivity contribution in [2.75, 3.05) is 6.54 Å². The molecule has 92 valence electrons. The molecule has 1 aliphatic heterocycles. The van der Waals surface area contributed by atoms with Crippen molar-refractivity contribution in [3.8, 4) is 0 Å². The van der Waals surface area contributed by atoms with Gasteiger partial charge in [0, 0.05) is 23.5 Å². The number of amides is 2. The van der Waals surface area contributed by atoms with E-state index < -0.39 is 6.04 Å². The number of hydrogen-bond donors (Lipinski definition) is 3. The van der Waals surface area contributed by atoms with E-state index in [2.05, 4.69) is 15.6 Å². The topological polar surface area (TPSA) is 74.0 Å². The molecule has 5 heteroatoms. The van der Waals surface area contributed by atoms with Crippen molar-refractivity contribution in [2.45, 2.75) is 12.5 Å². The predicted molar refractivity (Wildman–Crippen MR) is 66.9 cm³/mol. The Hall–Kier alpha value is -2.30. The quantitative estimate of drug-likeness (QED) is 0.711. The van der Waals surface area contributed by atoms with Crippen molar-refractivity contribution < 1.29 is 9.59 Å². The monoisotopic (exact) mass is 243 g/mol. The molecular formula is C13H13N3O2. The molecule has 1 fully saturated rings. The van der Waals surface area contributed by atoms with E-state index in [1.54, 1.807) is 0 Å². The van der Waals surface area contributed by atoms with Crippen LogP contribution in [0.5, 0.6) is 0 Å². The van der Waals surface area contributed by atoms with Crippen LogP contribution in [0.4, 0.5) is 0 Å². The molecule has 0 radical (unpaired) electrons. The number of aromatic amines is 1. The zero-order valence-electron chi connectivity index (χ0n) is 9.69. The fourth-order valence-corrected chi connectivity index (χ4v) is 2.27. The maximum Gasteiger partial charge on any atom is 0.243 e. The maximum atomic E-state index is 11.7. The molecule has 0 aliphatic carbocycles. The molecule has 3 N–H and O–H groups in total. The minimum absolute atomic E-state index is 0.0726. The first-order valence-corrected chi connectivity index (χ1v) is 5.86. The third-order valence-corrected chi connectivity index (χ3v) is 3.17. The number of aromatic nitrogens is 1. The van der Waals surface area contributed by atoms with Crippen LogP contribution >= 0.6 is 0 Å². The van der Waals surface area contributed by atoms with E-state index in [0.29, 0.717) is 6.42 Å². The van der Waals surface area contributed by atoms with Crippen molar-refractivity contribution >= 4 is 22.7 Å². The first kappa shape index (κ1) is 10.8. The number of fused-ring (bicyclic) bond motifs is 1. The van der Waals surface area contributed by atoms with Gasteiger partial charge in [-0.2, -0.15) is 0 Å². The Labute approximate surface area is 104 Å². The van der Waals surface area contributed by atoms with Gasteiger partial charge < -0.3 is 15.6 Å². The van der Waals surface area contributed by atoms with Gasteiger partial charge in [-0.1, -0.05) is 18.2 Å². The van der Waals surface area contributed by atoms with E-state index in [1.165, 1.54) is 0 Å². The SMILES string of the molecule is O=C1CNC(=O)[C@H](Cc2c[nH]c3ccccc23)N1. The van der Waals surface area contributed by atoms with Crippen LogP contribution in [0.2, 0.25) is 0 Å². The summed E-state index contributed by atoms with van der Waals surface area (Å²) in [5, 5.41) is 6.37. The summed E-state index contributed by atoms with van der Waals surface area (Å²) < 4.78 is 0. The number of H-pyrrole nitrogens is 1.